The van der Waals surface area contributed by atoms with Crippen LogP contribution in [0.3, 0.4) is 0 Å². The monoisotopic (exact) mass is 250 g/mol. The fourth-order valence-corrected chi connectivity index (χ4v) is 3.55. The van der Waals surface area contributed by atoms with Crippen molar-refractivity contribution in [3.63, 3.8) is 0 Å². The average Bonchev–Trinajstić information content (AvgIpc) is 2.86. The van der Waals surface area contributed by atoms with Crippen molar-refractivity contribution in [1.29, 1.82) is 0 Å². The molecule has 0 N–H and O–H groups in total. The van der Waals surface area contributed by atoms with Gasteiger partial charge in [-0.25, -0.2) is 4.98 Å². The second-order valence-electron chi connectivity index (χ2n) is 5.14. The second-order valence-corrected chi connectivity index (χ2v) is 6.22. The van der Waals surface area contributed by atoms with Gasteiger partial charge in [0.05, 0.1) is 17.1 Å². The Kier molecular flexibility index (Phi) is 3.01. The Labute approximate surface area is 106 Å². The Bertz CT molecular complexity index is 431. The maximum atomic E-state index is 11.6. The summed E-state index contributed by atoms with van der Waals surface area (Å²) in [5, 5.41) is 1.14. The first-order valence-corrected chi connectivity index (χ1v) is 7.28. The van der Waals surface area contributed by atoms with Gasteiger partial charge in [0.1, 0.15) is 5.01 Å². The Balaban J connectivity index is 1.79. The number of hydrogen-bond acceptors (Lipinski definition) is 4. The van der Waals surface area contributed by atoms with Crippen molar-refractivity contribution >= 4 is 17.1 Å². The number of carbonyl (C=O) groups is 1. The quantitative estimate of drug-likeness (QED) is 0.770. The van der Waals surface area contributed by atoms with E-state index >= 15 is 0 Å². The molecule has 0 atom stereocenters. The lowest BCUT2D eigenvalue weighted by Crippen LogP contribution is -2.18. The van der Waals surface area contributed by atoms with Crippen molar-refractivity contribution in [3.8, 4) is 0 Å². The van der Waals surface area contributed by atoms with E-state index in [1.165, 1.54) is 38.8 Å². The molecule has 3 nitrogen and oxygen atoms in total. The summed E-state index contributed by atoms with van der Waals surface area (Å²) in [5.74, 6) is 0.773. The first-order chi connectivity index (χ1) is 8.24. The van der Waals surface area contributed by atoms with E-state index in [1.54, 1.807) is 18.3 Å². The predicted molar refractivity (Wildman–Crippen MR) is 68.6 cm³/mol. The van der Waals surface area contributed by atoms with E-state index in [4.69, 9.17) is 4.98 Å². The fraction of sp³-hybridized carbons (Fsp3) is 0.692. The molecule has 1 saturated heterocycles. The summed E-state index contributed by atoms with van der Waals surface area (Å²) in [6.45, 7) is 4.98. The molecule has 0 radical (unpaired) electrons. The topological polar surface area (TPSA) is 33.2 Å². The van der Waals surface area contributed by atoms with Crippen LogP contribution in [0, 0.1) is 0 Å². The van der Waals surface area contributed by atoms with Crippen LogP contribution in [0.5, 0.6) is 0 Å². The number of carbonyl (C=O) groups excluding carboxylic acids is 1. The van der Waals surface area contributed by atoms with Crippen molar-refractivity contribution in [1.82, 2.24) is 9.88 Å². The molecule has 1 saturated carbocycles. The zero-order valence-electron chi connectivity index (χ0n) is 10.2. The van der Waals surface area contributed by atoms with Crippen molar-refractivity contribution in [2.75, 3.05) is 13.1 Å². The van der Waals surface area contributed by atoms with Gasteiger partial charge in [0.2, 0.25) is 0 Å². The minimum atomic E-state index is 0.192. The van der Waals surface area contributed by atoms with Crippen molar-refractivity contribution in [2.24, 2.45) is 0 Å². The third-order valence-corrected chi connectivity index (χ3v) is 4.70. The van der Waals surface area contributed by atoms with Crippen molar-refractivity contribution in [3.05, 3.63) is 15.6 Å². The summed E-state index contributed by atoms with van der Waals surface area (Å²) < 4.78 is 0. The normalized spacial score (nSPS) is 21.0. The summed E-state index contributed by atoms with van der Waals surface area (Å²) in [6, 6.07) is 0. The largest absolute Gasteiger partial charge is 0.297 e. The molecule has 1 aliphatic carbocycles. The molecule has 2 fully saturated rings. The Morgan fingerprint density at radius 3 is 2.71 bits per heavy atom. The van der Waals surface area contributed by atoms with Gasteiger partial charge >= 0.3 is 0 Å². The van der Waals surface area contributed by atoms with E-state index in [1.807, 2.05) is 0 Å². The first kappa shape index (κ1) is 11.4. The van der Waals surface area contributed by atoms with Crippen LogP contribution in [-0.2, 0) is 6.54 Å². The van der Waals surface area contributed by atoms with E-state index in [-0.39, 0.29) is 5.78 Å². The summed E-state index contributed by atoms with van der Waals surface area (Å²) >= 11 is 1.62. The number of likely N-dealkylation sites (tertiary alicyclic amines) is 1. The van der Waals surface area contributed by atoms with Gasteiger partial charge < -0.3 is 0 Å². The van der Waals surface area contributed by atoms with Crippen LogP contribution >= 0.6 is 11.3 Å². The van der Waals surface area contributed by atoms with E-state index in [0.717, 1.165) is 22.1 Å². The van der Waals surface area contributed by atoms with E-state index in [2.05, 4.69) is 4.90 Å². The van der Waals surface area contributed by atoms with Crippen molar-refractivity contribution < 1.29 is 4.79 Å². The lowest BCUT2D eigenvalue weighted by molar-refractivity contribution is 0.102. The maximum absolute atomic E-state index is 11.6. The number of hydrogen-bond donors (Lipinski definition) is 0. The molecule has 17 heavy (non-hydrogen) atoms. The zero-order chi connectivity index (χ0) is 11.8. The number of thiazole rings is 1. The van der Waals surface area contributed by atoms with Crippen LogP contribution in [0.4, 0.5) is 0 Å². The fourth-order valence-electron chi connectivity index (χ4n) is 2.46. The third-order valence-electron chi connectivity index (χ3n) is 3.54. The Hall–Kier alpha value is -0.740. The molecule has 1 aromatic rings. The summed E-state index contributed by atoms with van der Waals surface area (Å²) in [6.07, 6.45) is 5.04. The third kappa shape index (κ3) is 2.43. The van der Waals surface area contributed by atoms with E-state index in [0.29, 0.717) is 5.92 Å². The van der Waals surface area contributed by atoms with Gasteiger partial charge in [-0.2, -0.15) is 0 Å². The highest BCUT2D eigenvalue weighted by Gasteiger charge is 2.31. The molecule has 0 unspecified atom stereocenters. The molecule has 0 aromatic carbocycles. The molecule has 4 heteroatoms. The molecule has 1 aromatic heterocycles. The SMILES string of the molecule is CC(=O)c1sc(CN2CCCC2)nc1C1CC1. The summed E-state index contributed by atoms with van der Waals surface area (Å²) in [4.78, 5) is 19.7. The van der Waals surface area contributed by atoms with Gasteiger partial charge in [-0.15, -0.1) is 11.3 Å². The van der Waals surface area contributed by atoms with Gasteiger partial charge in [0.15, 0.2) is 5.78 Å². The van der Waals surface area contributed by atoms with E-state index < -0.39 is 0 Å². The molecular formula is C13H18N2OS. The van der Waals surface area contributed by atoms with Crippen LogP contribution in [0.25, 0.3) is 0 Å². The molecule has 92 valence electrons. The molecule has 3 rings (SSSR count). The van der Waals surface area contributed by atoms with Crippen LogP contribution in [0.1, 0.15) is 58.9 Å². The molecule has 1 aliphatic heterocycles. The van der Waals surface area contributed by atoms with Crippen LogP contribution in [-0.4, -0.2) is 28.8 Å². The van der Waals surface area contributed by atoms with Crippen LogP contribution in [0.2, 0.25) is 0 Å². The number of aromatic nitrogens is 1. The van der Waals surface area contributed by atoms with Crippen molar-refractivity contribution in [2.45, 2.75) is 45.1 Å². The number of rotatable bonds is 4. The first-order valence-electron chi connectivity index (χ1n) is 6.47. The molecular weight excluding hydrogens is 232 g/mol. The van der Waals surface area contributed by atoms with Crippen LogP contribution < -0.4 is 0 Å². The Morgan fingerprint density at radius 1 is 1.41 bits per heavy atom. The molecule has 2 aliphatic rings. The number of ketones is 1. The smallest absolute Gasteiger partial charge is 0.171 e. The van der Waals surface area contributed by atoms with Crippen LogP contribution in [0.15, 0.2) is 0 Å². The minimum absolute atomic E-state index is 0.192. The highest BCUT2D eigenvalue weighted by atomic mass is 32.1. The van der Waals surface area contributed by atoms with Gasteiger partial charge in [-0.1, -0.05) is 0 Å². The lowest BCUT2D eigenvalue weighted by Gasteiger charge is -2.11. The molecule has 0 bridgehead atoms. The lowest BCUT2D eigenvalue weighted by atomic mass is 10.2. The van der Waals surface area contributed by atoms with Gasteiger partial charge in [0.25, 0.3) is 0 Å². The average molecular weight is 250 g/mol. The number of Topliss-reactive ketones (excluding diaryl/α,β-unsaturated/α-hetero) is 1. The second kappa shape index (κ2) is 4.50. The molecule has 0 spiro atoms. The van der Waals surface area contributed by atoms with E-state index in [9.17, 15) is 4.79 Å². The summed E-state index contributed by atoms with van der Waals surface area (Å²) in [5.41, 5.74) is 1.09. The predicted octanol–water partition coefficient (Wildman–Crippen LogP) is 2.82. The highest BCUT2D eigenvalue weighted by molar-refractivity contribution is 7.13. The van der Waals surface area contributed by atoms with Gasteiger partial charge in [-0.3, -0.25) is 9.69 Å². The highest BCUT2D eigenvalue weighted by Crippen LogP contribution is 2.42. The van der Waals surface area contributed by atoms with Gasteiger partial charge in [0, 0.05) is 12.8 Å². The maximum Gasteiger partial charge on any atom is 0.171 e. The summed E-state index contributed by atoms with van der Waals surface area (Å²) in [7, 11) is 0. The Morgan fingerprint density at radius 2 is 2.12 bits per heavy atom. The number of nitrogens with zero attached hydrogens (tertiary/aromatic N) is 2. The van der Waals surface area contributed by atoms with Gasteiger partial charge in [-0.05, 0) is 38.8 Å². The standard InChI is InChI=1S/C13H18N2OS/c1-9(16)13-12(10-4-5-10)14-11(17-13)8-15-6-2-3-7-15/h10H,2-8H2,1H3. The molecule has 2 heterocycles. The minimum Gasteiger partial charge on any atom is -0.297 e. The molecule has 0 amide bonds. The zero-order valence-corrected chi connectivity index (χ0v) is 11.1.